The van der Waals surface area contributed by atoms with Gasteiger partial charge in [-0.3, -0.25) is 4.79 Å². The molecular formula is C9H9NO2. The van der Waals surface area contributed by atoms with E-state index in [2.05, 4.69) is 11.5 Å². The number of carbonyl (C=O) groups is 1. The second-order valence-electron chi connectivity index (χ2n) is 2.49. The van der Waals surface area contributed by atoms with Gasteiger partial charge in [-0.1, -0.05) is 11.5 Å². The first-order valence-corrected chi connectivity index (χ1v) is 3.55. The monoisotopic (exact) mass is 163 g/mol. The molecule has 0 bridgehead atoms. The minimum absolute atomic E-state index is 0.334. The molecule has 0 spiro atoms. The van der Waals surface area contributed by atoms with Crippen LogP contribution in [0.5, 0.6) is 0 Å². The largest absolute Gasteiger partial charge is 0.480 e. The highest BCUT2D eigenvalue weighted by molar-refractivity contribution is 5.73. The van der Waals surface area contributed by atoms with Crippen molar-refractivity contribution in [1.82, 2.24) is 0 Å². The average molecular weight is 163 g/mol. The maximum Gasteiger partial charge on any atom is 0.320 e. The number of carboxylic acid groups (broad SMARTS) is 1. The van der Waals surface area contributed by atoms with Gasteiger partial charge in [-0.05, 0) is 30.2 Å². The molecule has 0 aromatic rings. The Morgan fingerprint density at radius 1 is 1.67 bits per heavy atom. The number of rotatable bonds is 3. The van der Waals surface area contributed by atoms with E-state index < -0.39 is 12.0 Å². The molecule has 3 N–H and O–H groups in total. The van der Waals surface area contributed by atoms with Crippen molar-refractivity contribution in [3.63, 3.8) is 0 Å². The van der Waals surface area contributed by atoms with Crippen molar-refractivity contribution in [1.29, 1.82) is 0 Å². The molecule has 0 fully saturated rings. The van der Waals surface area contributed by atoms with Gasteiger partial charge in [0, 0.05) is 0 Å². The van der Waals surface area contributed by atoms with Crippen LogP contribution in [0.1, 0.15) is 6.42 Å². The first kappa shape index (κ1) is 8.57. The summed E-state index contributed by atoms with van der Waals surface area (Å²) < 4.78 is 0. The lowest BCUT2D eigenvalue weighted by atomic mass is 10.1. The van der Waals surface area contributed by atoms with Crippen molar-refractivity contribution in [3.8, 4) is 0 Å². The van der Waals surface area contributed by atoms with Gasteiger partial charge in [0.2, 0.25) is 0 Å². The van der Waals surface area contributed by atoms with E-state index in [1.807, 2.05) is 0 Å². The molecule has 3 heteroatoms. The van der Waals surface area contributed by atoms with Crippen LogP contribution in [0.15, 0.2) is 35.3 Å². The minimum Gasteiger partial charge on any atom is -0.480 e. The van der Waals surface area contributed by atoms with Crippen LogP contribution in [0.25, 0.3) is 0 Å². The molecule has 0 saturated carbocycles. The molecule has 0 aliphatic heterocycles. The number of aliphatic carboxylic acids is 1. The van der Waals surface area contributed by atoms with Gasteiger partial charge in [0.05, 0.1) is 0 Å². The highest BCUT2D eigenvalue weighted by Crippen LogP contribution is 2.07. The van der Waals surface area contributed by atoms with Crippen LogP contribution in [0.4, 0.5) is 0 Å². The van der Waals surface area contributed by atoms with Crippen LogP contribution >= 0.6 is 0 Å². The summed E-state index contributed by atoms with van der Waals surface area (Å²) in [5, 5.41) is 8.50. The van der Waals surface area contributed by atoms with Crippen molar-refractivity contribution in [2.75, 3.05) is 0 Å². The molecule has 0 saturated heterocycles. The molecule has 0 heterocycles. The van der Waals surface area contributed by atoms with Crippen LogP contribution in [-0.4, -0.2) is 17.1 Å². The fourth-order valence-electron chi connectivity index (χ4n) is 0.848. The van der Waals surface area contributed by atoms with Crippen LogP contribution in [0.2, 0.25) is 0 Å². The van der Waals surface area contributed by atoms with Crippen LogP contribution in [-0.2, 0) is 4.79 Å². The number of nitrogens with two attached hydrogens (primary N) is 1. The smallest absolute Gasteiger partial charge is 0.320 e. The summed E-state index contributed by atoms with van der Waals surface area (Å²) >= 11 is 0. The van der Waals surface area contributed by atoms with E-state index in [0.717, 1.165) is 5.57 Å². The number of hydrogen-bond donors (Lipinski definition) is 2. The van der Waals surface area contributed by atoms with E-state index in [-0.39, 0.29) is 0 Å². The van der Waals surface area contributed by atoms with Crippen molar-refractivity contribution >= 4 is 5.97 Å². The Morgan fingerprint density at radius 2 is 2.42 bits per heavy atom. The van der Waals surface area contributed by atoms with Crippen molar-refractivity contribution in [2.24, 2.45) is 5.73 Å². The molecule has 1 aliphatic carbocycles. The lowest BCUT2D eigenvalue weighted by molar-refractivity contribution is -0.138. The molecule has 0 aromatic carbocycles. The Morgan fingerprint density at radius 3 is 2.92 bits per heavy atom. The van der Waals surface area contributed by atoms with Crippen molar-refractivity contribution in [2.45, 2.75) is 12.5 Å². The third-order valence-corrected chi connectivity index (χ3v) is 1.49. The molecule has 0 aromatic heterocycles. The zero-order valence-corrected chi connectivity index (χ0v) is 6.45. The molecular weight excluding hydrogens is 154 g/mol. The topological polar surface area (TPSA) is 63.3 Å². The fraction of sp³-hybridized carbons (Fsp3) is 0.222. The molecule has 12 heavy (non-hydrogen) atoms. The van der Waals surface area contributed by atoms with Gasteiger partial charge >= 0.3 is 5.97 Å². The summed E-state index contributed by atoms with van der Waals surface area (Å²) in [6.45, 7) is 0. The highest BCUT2D eigenvalue weighted by Gasteiger charge is 2.12. The molecule has 3 nitrogen and oxygen atoms in total. The van der Waals surface area contributed by atoms with Gasteiger partial charge < -0.3 is 10.8 Å². The average Bonchev–Trinajstić information content (AvgIpc) is 2.06. The van der Waals surface area contributed by atoms with Gasteiger partial charge in [0.25, 0.3) is 0 Å². The molecule has 1 aliphatic rings. The second kappa shape index (κ2) is 3.74. The molecule has 0 radical (unpaired) electrons. The van der Waals surface area contributed by atoms with Crippen molar-refractivity contribution in [3.05, 3.63) is 35.3 Å². The molecule has 0 amide bonds. The Hall–Kier alpha value is -1.53. The molecule has 1 atom stereocenters. The van der Waals surface area contributed by atoms with Gasteiger partial charge in [0.1, 0.15) is 6.04 Å². The Bertz CT molecular complexity index is 315. The van der Waals surface area contributed by atoms with E-state index in [0.29, 0.717) is 6.42 Å². The van der Waals surface area contributed by atoms with E-state index in [9.17, 15) is 4.79 Å². The number of hydrogen-bond acceptors (Lipinski definition) is 2. The molecule has 0 unspecified atom stereocenters. The van der Waals surface area contributed by atoms with Gasteiger partial charge in [0.15, 0.2) is 0 Å². The van der Waals surface area contributed by atoms with Crippen molar-refractivity contribution < 1.29 is 9.90 Å². The zero-order valence-electron chi connectivity index (χ0n) is 6.45. The quantitative estimate of drug-likeness (QED) is 0.598. The normalized spacial score (nSPS) is 15.9. The Balaban J connectivity index is 2.54. The summed E-state index contributed by atoms with van der Waals surface area (Å²) in [5.41, 5.74) is 11.6. The summed E-state index contributed by atoms with van der Waals surface area (Å²) in [4.78, 5) is 10.4. The van der Waals surface area contributed by atoms with Gasteiger partial charge in [-0.2, -0.15) is 0 Å². The minimum atomic E-state index is -0.983. The third kappa shape index (κ3) is 2.26. The predicted octanol–water partition coefficient (Wildman–Crippen LogP) is 0.595. The second-order valence-corrected chi connectivity index (χ2v) is 2.49. The number of carboxylic acids is 1. The lowest BCUT2D eigenvalue weighted by Crippen LogP contribution is -2.30. The van der Waals surface area contributed by atoms with Crippen LogP contribution in [0.3, 0.4) is 0 Å². The van der Waals surface area contributed by atoms with Gasteiger partial charge in [-0.15, -0.1) is 0 Å². The summed E-state index contributed by atoms with van der Waals surface area (Å²) in [7, 11) is 0. The van der Waals surface area contributed by atoms with Crippen LogP contribution < -0.4 is 5.73 Å². The summed E-state index contributed by atoms with van der Waals surface area (Å²) in [5.74, 6) is -0.983. The maximum atomic E-state index is 10.4. The predicted molar refractivity (Wildman–Crippen MR) is 44.5 cm³/mol. The van der Waals surface area contributed by atoms with E-state index in [4.69, 9.17) is 10.8 Å². The fourth-order valence-corrected chi connectivity index (χ4v) is 0.848. The number of allylic oxidation sites excluding steroid dienone is 3. The van der Waals surface area contributed by atoms with E-state index in [1.54, 1.807) is 18.2 Å². The standard InChI is InChI=1S/C9H9NO2/c10-8(9(11)12)6-7-4-2-1-3-5-7/h2,4-5,8H,6,10H2,(H,11,12)/t8-/m0/s1. The SMILES string of the molecule is N[C@@H](CC1=CC=C=C=C1)C(=O)O. The molecule has 1 rings (SSSR count). The Labute approximate surface area is 70.2 Å². The first-order valence-electron chi connectivity index (χ1n) is 3.55. The summed E-state index contributed by atoms with van der Waals surface area (Å²) in [6, 6.07) is -0.833. The Kier molecular flexibility index (Phi) is 2.67. The summed E-state index contributed by atoms with van der Waals surface area (Å²) in [6.07, 6.45) is 5.48. The highest BCUT2D eigenvalue weighted by atomic mass is 16.4. The van der Waals surface area contributed by atoms with Gasteiger partial charge in [-0.25, -0.2) is 0 Å². The van der Waals surface area contributed by atoms with E-state index >= 15 is 0 Å². The van der Waals surface area contributed by atoms with E-state index in [1.165, 1.54) is 0 Å². The zero-order chi connectivity index (χ0) is 8.97. The molecule has 62 valence electrons. The maximum absolute atomic E-state index is 10.4. The van der Waals surface area contributed by atoms with Crippen LogP contribution in [0, 0.1) is 0 Å². The lowest BCUT2D eigenvalue weighted by Gasteiger charge is -2.05. The first-order chi connectivity index (χ1) is 5.70. The third-order valence-electron chi connectivity index (χ3n) is 1.49.